The molecule has 0 aromatic heterocycles. The van der Waals surface area contributed by atoms with Gasteiger partial charge >= 0.3 is 0 Å². The van der Waals surface area contributed by atoms with Crippen LogP contribution in [0.3, 0.4) is 0 Å². The number of hydrogen-bond donors (Lipinski definition) is 2. The second-order valence-corrected chi connectivity index (χ2v) is 4.98. The summed E-state index contributed by atoms with van der Waals surface area (Å²) >= 11 is 0. The van der Waals surface area contributed by atoms with Gasteiger partial charge in [-0.3, -0.25) is 4.99 Å². The predicted octanol–water partition coefficient (Wildman–Crippen LogP) is 2.71. The highest BCUT2D eigenvalue weighted by atomic mass is 19.3. The van der Waals surface area contributed by atoms with Crippen molar-refractivity contribution in [2.75, 3.05) is 13.6 Å². The molecule has 0 radical (unpaired) electrons. The van der Waals surface area contributed by atoms with E-state index >= 15 is 0 Å². The number of hydrogen-bond acceptors (Lipinski definition) is 2. The SMILES string of the molecule is CN=C(NCc1ccc(C)cc1OC(C)C)NCC(F)F. The van der Waals surface area contributed by atoms with E-state index in [2.05, 4.69) is 15.6 Å². The highest BCUT2D eigenvalue weighted by Gasteiger charge is 2.08. The molecule has 1 rings (SSSR count). The number of nitrogens with zero attached hydrogens (tertiary/aromatic N) is 1. The summed E-state index contributed by atoms with van der Waals surface area (Å²) in [6.07, 6.45) is -2.34. The van der Waals surface area contributed by atoms with Gasteiger partial charge in [-0.15, -0.1) is 0 Å². The van der Waals surface area contributed by atoms with Gasteiger partial charge in [-0.1, -0.05) is 12.1 Å². The van der Waals surface area contributed by atoms with Crippen molar-refractivity contribution in [3.05, 3.63) is 29.3 Å². The molecule has 0 saturated heterocycles. The van der Waals surface area contributed by atoms with Gasteiger partial charge in [0.15, 0.2) is 5.96 Å². The van der Waals surface area contributed by atoms with Crippen molar-refractivity contribution in [1.82, 2.24) is 10.6 Å². The lowest BCUT2D eigenvalue weighted by Gasteiger charge is -2.17. The van der Waals surface area contributed by atoms with Crippen LogP contribution in [-0.4, -0.2) is 32.1 Å². The molecule has 0 atom stereocenters. The van der Waals surface area contributed by atoms with Crippen molar-refractivity contribution < 1.29 is 13.5 Å². The lowest BCUT2D eigenvalue weighted by Crippen LogP contribution is -2.39. The van der Waals surface area contributed by atoms with Gasteiger partial charge in [-0.2, -0.15) is 0 Å². The zero-order valence-corrected chi connectivity index (χ0v) is 12.9. The molecule has 1 aromatic rings. The van der Waals surface area contributed by atoms with E-state index in [-0.39, 0.29) is 6.10 Å². The van der Waals surface area contributed by atoms with Crippen molar-refractivity contribution >= 4 is 5.96 Å². The van der Waals surface area contributed by atoms with Crippen molar-refractivity contribution in [2.24, 2.45) is 4.99 Å². The van der Waals surface area contributed by atoms with Gasteiger partial charge in [0.25, 0.3) is 6.43 Å². The van der Waals surface area contributed by atoms with Crippen LogP contribution in [0.4, 0.5) is 8.78 Å². The van der Waals surface area contributed by atoms with E-state index in [4.69, 9.17) is 4.74 Å². The van der Waals surface area contributed by atoms with Crippen LogP contribution >= 0.6 is 0 Å². The fourth-order valence-corrected chi connectivity index (χ4v) is 1.74. The number of aryl methyl sites for hydroxylation is 1. The molecule has 21 heavy (non-hydrogen) atoms. The molecule has 0 amide bonds. The molecule has 0 bridgehead atoms. The average Bonchev–Trinajstić information content (AvgIpc) is 2.40. The maximum Gasteiger partial charge on any atom is 0.255 e. The van der Waals surface area contributed by atoms with Crippen LogP contribution in [0.2, 0.25) is 0 Å². The van der Waals surface area contributed by atoms with Crippen LogP contribution in [0, 0.1) is 6.92 Å². The number of benzene rings is 1. The van der Waals surface area contributed by atoms with Crippen molar-refractivity contribution in [1.29, 1.82) is 0 Å². The van der Waals surface area contributed by atoms with E-state index in [0.29, 0.717) is 12.5 Å². The highest BCUT2D eigenvalue weighted by Crippen LogP contribution is 2.21. The summed E-state index contributed by atoms with van der Waals surface area (Å²) in [4.78, 5) is 3.90. The molecule has 0 unspecified atom stereocenters. The lowest BCUT2D eigenvalue weighted by atomic mass is 10.1. The summed E-state index contributed by atoms with van der Waals surface area (Å²) in [5.74, 6) is 1.13. The molecule has 0 aliphatic rings. The van der Waals surface area contributed by atoms with E-state index in [1.807, 2.05) is 39.0 Å². The summed E-state index contributed by atoms with van der Waals surface area (Å²) in [6.45, 7) is 5.94. The molecule has 0 aliphatic carbocycles. The van der Waals surface area contributed by atoms with Crippen LogP contribution in [-0.2, 0) is 6.54 Å². The number of alkyl halides is 2. The minimum absolute atomic E-state index is 0.0711. The Morgan fingerprint density at radius 2 is 2.00 bits per heavy atom. The molecule has 6 heteroatoms. The molecular weight excluding hydrogens is 276 g/mol. The fourth-order valence-electron chi connectivity index (χ4n) is 1.74. The van der Waals surface area contributed by atoms with Gasteiger partial charge in [0.1, 0.15) is 5.75 Å². The molecular formula is C15H23F2N3O. The summed E-state index contributed by atoms with van der Waals surface area (Å²) in [5, 5.41) is 5.56. The third-order valence-electron chi connectivity index (χ3n) is 2.68. The molecule has 118 valence electrons. The lowest BCUT2D eigenvalue weighted by molar-refractivity contribution is 0.152. The van der Waals surface area contributed by atoms with E-state index in [0.717, 1.165) is 16.9 Å². The van der Waals surface area contributed by atoms with Gasteiger partial charge < -0.3 is 15.4 Å². The van der Waals surface area contributed by atoms with Crippen LogP contribution < -0.4 is 15.4 Å². The maximum atomic E-state index is 12.2. The van der Waals surface area contributed by atoms with E-state index in [1.54, 1.807) is 7.05 Å². The number of aliphatic imine (C=N–C) groups is 1. The summed E-state index contributed by atoms with van der Waals surface area (Å²) in [7, 11) is 1.54. The van der Waals surface area contributed by atoms with Crippen molar-refractivity contribution in [3.63, 3.8) is 0 Å². The van der Waals surface area contributed by atoms with Gasteiger partial charge in [0.05, 0.1) is 12.6 Å². The zero-order chi connectivity index (χ0) is 15.8. The molecule has 0 aliphatic heterocycles. The van der Waals surface area contributed by atoms with Gasteiger partial charge in [-0.25, -0.2) is 8.78 Å². The summed E-state index contributed by atoms with van der Waals surface area (Å²) < 4.78 is 30.1. The second kappa shape index (κ2) is 8.44. The third kappa shape index (κ3) is 6.42. The minimum atomic E-state index is -2.41. The Bertz CT molecular complexity index is 476. The fraction of sp³-hybridized carbons (Fsp3) is 0.533. The topological polar surface area (TPSA) is 45.7 Å². The smallest absolute Gasteiger partial charge is 0.255 e. The molecule has 1 aromatic carbocycles. The molecule has 0 spiro atoms. The monoisotopic (exact) mass is 299 g/mol. The Hall–Kier alpha value is -1.85. The number of ether oxygens (including phenoxy) is 1. The van der Waals surface area contributed by atoms with Crippen LogP contribution in [0.1, 0.15) is 25.0 Å². The Morgan fingerprint density at radius 3 is 2.57 bits per heavy atom. The number of nitrogens with one attached hydrogen (secondary N) is 2. The molecule has 2 N–H and O–H groups in total. The highest BCUT2D eigenvalue weighted by molar-refractivity contribution is 5.79. The largest absolute Gasteiger partial charge is 0.491 e. The Kier molecular flexibility index (Phi) is 6.91. The number of halogens is 2. The Morgan fingerprint density at radius 1 is 1.29 bits per heavy atom. The van der Waals surface area contributed by atoms with Crippen molar-refractivity contribution in [2.45, 2.75) is 39.8 Å². The predicted molar refractivity (Wildman–Crippen MR) is 81.1 cm³/mol. The Balaban J connectivity index is 2.69. The molecule has 0 saturated carbocycles. The van der Waals surface area contributed by atoms with Gasteiger partial charge in [0, 0.05) is 19.2 Å². The molecule has 0 heterocycles. The zero-order valence-electron chi connectivity index (χ0n) is 12.9. The second-order valence-electron chi connectivity index (χ2n) is 4.98. The number of guanidine groups is 1. The van der Waals surface area contributed by atoms with Crippen LogP contribution in [0.25, 0.3) is 0 Å². The van der Waals surface area contributed by atoms with E-state index in [9.17, 15) is 8.78 Å². The van der Waals surface area contributed by atoms with E-state index < -0.39 is 13.0 Å². The first kappa shape index (κ1) is 17.2. The third-order valence-corrected chi connectivity index (χ3v) is 2.68. The average molecular weight is 299 g/mol. The standard InChI is InChI=1S/C15H23F2N3O/c1-10(2)21-13-7-11(3)5-6-12(13)8-19-15(18-4)20-9-14(16)17/h5-7,10,14H,8-9H2,1-4H3,(H2,18,19,20). The first-order valence-electron chi connectivity index (χ1n) is 6.91. The molecule has 4 nitrogen and oxygen atoms in total. The van der Waals surface area contributed by atoms with Gasteiger partial charge in [-0.05, 0) is 32.4 Å². The normalized spacial score (nSPS) is 11.9. The number of rotatable bonds is 6. The summed E-state index contributed by atoms with van der Waals surface area (Å²) in [6, 6.07) is 5.91. The van der Waals surface area contributed by atoms with Crippen LogP contribution in [0.15, 0.2) is 23.2 Å². The minimum Gasteiger partial charge on any atom is -0.491 e. The van der Waals surface area contributed by atoms with Crippen LogP contribution in [0.5, 0.6) is 5.75 Å². The van der Waals surface area contributed by atoms with Crippen molar-refractivity contribution in [3.8, 4) is 5.75 Å². The first-order valence-corrected chi connectivity index (χ1v) is 6.91. The maximum absolute atomic E-state index is 12.2. The summed E-state index contributed by atoms with van der Waals surface area (Å²) in [5.41, 5.74) is 2.06. The van der Waals surface area contributed by atoms with E-state index in [1.165, 1.54) is 0 Å². The quantitative estimate of drug-likeness (QED) is 0.627. The first-order chi connectivity index (χ1) is 9.92. The van der Waals surface area contributed by atoms with Gasteiger partial charge in [0.2, 0.25) is 0 Å². The molecule has 0 fully saturated rings. The Labute approximate surface area is 124 Å².